The molecule has 3 aromatic rings. The minimum Gasteiger partial charge on any atom is -0.493 e. The van der Waals surface area contributed by atoms with Gasteiger partial charge in [-0.15, -0.1) is 0 Å². The van der Waals surface area contributed by atoms with Crippen LogP contribution in [0.4, 0.5) is 0 Å². The number of ketones is 1. The number of allylic oxidation sites excluding steroid dienone is 1. The van der Waals surface area contributed by atoms with E-state index in [2.05, 4.69) is 4.90 Å². The van der Waals surface area contributed by atoms with Crippen LogP contribution in [0.3, 0.4) is 0 Å². The Labute approximate surface area is 213 Å². The lowest BCUT2D eigenvalue weighted by molar-refractivity contribution is 0.0876. The molecule has 3 aromatic carbocycles. The van der Waals surface area contributed by atoms with Gasteiger partial charge < -0.3 is 18.9 Å². The Morgan fingerprint density at radius 1 is 1.03 bits per heavy atom. The zero-order valence-corrected chi connectivity index (χ0v) is 21.0. The maximum absolute atomic E-state index is 13.2. The molecule has 0 N–H and O–H groups in total. The first-order chi connectivity index (χ1) is 16.9. The molecule has 0 radical (unpaired) electrons. The van der Waals surface area contributed by atoms with Gasteiger partial charge in [0.05, 0.1) is 19.8 Å². The van der Waals surface area contributed by atoms with E-state index in [0.29, 0.717) is 58.2 Å². The minimum absolute atomic E-state index is 0.186. The minimum atomic E-state index is -0.186. The molecule has 0 saturated carbocycles. The van der Waals surface area contributed by atoms with Crippen molar-refractivity contribution < 1.29 is 23.7 Å². The first kappa shape index (κ1) is 23.5. The van der Waals surface area contributed by atoms with Crippen molar-refractivity contribution in [3.8, 4) is 23.0 Å². The van der Waals surface area contributed by atoms with Crippen LogP contribution in [-0.4, -0.2) is 31.6 Å². The number of ether oxygens (including phenoxy) is 4. The van der Waals surface area contributed by atoms with E-state index in [-0.39, 0.29) is 11.5 Å². The molecule has 180 valence electrons. The maximum atomic E-state index is 13.2. The molecule has 0 aromatic heterocycles. The number of hydrogen-bond donors (Lipinski definition) is 0. The second-order valence-corrected chi connectivity index (χ2v) is 9.27. The van der Waals surface area contributed by atoms with Crippen LogP contribution in [-0.2, 0) is 13.1 Å². The predicted octanol–water partition coefficient (Wildman–Crippen LogP) is 6.29. The molecule has 0 atom stereocenters. The van der Waals surface area contributed by atoms with Crippen LogP contribution in [0.2, 0.25) is 10.0 Å². The predicted molar refractivity (Wildman–Crippen MR) is 135 cm³/mol. The molecule has 0 unspecified atom stereocenters. The average molecular weight is 512 g/mol. The Balaban J connectivity index is 1.40. The molecule has 2 aliphatic rings. The fourth-order valence-electron chi connectivity index (χ4n) is 4.39. The number of benzene rings is 3. The van der Waals surface area contributed by atoms with Crippen LogP contribution in [0.15, 0.2) is 48.2 Å². The van der Waals surface area contributed by atoms with Crippen molar-refractivity contribution in [3.05, 3.63) is 86.1 Å². The number of nitrogens with zero attached hydrogens (tertiary/aromatic N) is 1. The van der Waals surface area contributed by atoms with Gasteiger partial charge in [0.1, 0.15) is 18.2 Å². The Morgan fingerprint density at radius 2 is 1.83 bits per heavy atom. The summed E-state index contributed by atoms with van der Waals surface area (Å²) in [5.41, 5.74) is 4.00. The number of Topliss-reactive ketones (excluding diaryl/α,β-unsaturated/α-hetero) is 1. The second-order valence-electron chi connectivity index (χ2n) is 8.42. The standard InChI is InChI=1S/C27H23Cl2NO5/c1-15-26-18(13-30(14-34-26)12-16-4-7-22(32-2)23(8-16)33-3)9-20-25(31)24(35-27(15)20)10-17-5-6-19(28)11-21(17)29/h4-11H,12-14H2,1-3H3/b24-10-. The van der Waals surface area contributed by atoms with Crippen LogP contribution in [0.1, 0.15) is 32.6 Å². The van der Waals surface area contributed by atoms with E-state index in [1.807, 2.05) is 31.2 Å². The fourth-order valence-corrected chi connectivity index (χ4v) is 4.86. The van der Waals surface area contributed by atoms with Gasteiger partial charge in [-0.25, -0.2) is 0 Å². The number of fused-ring (bicyclic) bond motifs is 2. The van der Waals surface area contributed by atoms with Crippen LogP contribution in [0.5, 0.6) is 23.0 Å². The first-order valence-corrected chi connectivity index (χ1v) is 11.8. The maximum Gasteiger partial charge on any atom is 0.231 e. The Hall–Kier alpha value is -3.19. The highest BCUT2D eigenvalue weighted by molar-refractivity contribution is 6.35. The van der Waals surface area contributed by atoms with E-state index in [1.165, 1.54) is 0 Å². The average Bonchev–Trinajstić information content (AvgIpc) is 3.16. The van der Waals surface area contributed by atoms with E-state index < -0.39 is 0 Å². The van der Waals surface area contributed by atoms with E-state index in [4.69, 9.17) is 42.1 Å². The van der Waals surface area contributed by atoms with Crippen LogP contribution in [0, 0.1) is 6.92 Å². The second kappa shape index (κ2) is 9.46. The van der Waals surface area contributed by atoms with Gasteiger partial charge in [-0.05, 0) is 54.5 Å². The van der Waals surface area contributed by atoms with Gasteiger partial charge in [0, 0.05) is 34.3 Å². The van der Waals surface area contributed by atoms with Gasteiger partial charge in [0.15, 0.2) is 17.3 Å². The largest absolute Gasteiger partial charge is 0.493 e. The summed E-state index contributed by atoms with van der Waals surface area (Å²) < 4.78 is 22.8. The van der Waals surface area contributed by atoms with Gasteiger partial charge >= 0.3 is 0 Å². The Kier molecular flexibility index (Phi) is 6.36. The Bertz CT molecular complexity index is 1370. The van der Waals surface area contributed by atoms with Crippen molar-refractivity contribution in [2.75, 3.05) is 21.0 Å². The highest BCUT2D eigenvalue weighted by Crippen LogP contribution is 2.43. The third kappa shape index (κ3) is 4.45. The summed E-state index contributed by atoms with van der Waals surface area (Å²) in [5, 5.41) is 0.972. The molecular weight excluding hydrogens is 489 g/mol. The summed E-state index contributed by atoms with van der Waals surface area (Å²) in [5.74, 6) is 2.68. The summed E-state index contributed by atoms with van der Waals surface area (Å²) in [4.78, 5) is 15.3. The van der Waals surface area contributed by atoms with Crippen molar-refractivity contribution in [1.82, 2.24) is 4.90 Å². The number of carbonyl (C=O) groups is 1. The molecule has 2 heterocycles. The van der Waals surface area contributed by atoms with E-state index in [0.717, 1.165) is 22.4 Å². The van der Waals surface area contributed by atoms with Crippen molar-refractivity contribution in [3.63, 3.8) is 0 Å². The number of rotatable bonds is 5. The third-order valence-electron chi connectivity index (χ3n) is 6.11. The summed E-state index contributed by atoms with van der Waals surface area (Å²) in [6.07, 6.45) is 1.64. The van der Waals surface area contributed by atoms with Crippen LogP contribution < -0.4 is 18.9 Å². The third-order valence-corrected chi connectivity index (χ3v) is 6.67. The monoisotopic (exact) mass is 511 g/mol. The molecular formula is C27H23Cl2NO5. The summed E-state index contributed by atoms with van der Waals surface area (Å²) in [6.45, 7) is 3.61. The van der Waals surface area contributed by atoms with Gasteiger partial charge in [-0.2, -0.15) is 0 Å². The molecule has 0 aliphatic carbocycles. The quantitative estimate of drug-likeness (QED) is 0.375. The highest BCUT2D eigenvalue weighted by atomic mass is 35.5. The van der Waals surface area contributed by atoms with Crippen molar-refractivity contribution in [2.24, 2.45) is 0 Å². The van der Waals surface area contributed by atoms with Gasteiger partial charge in [0.25, 0.3) is 0 Å². The molecule has 0 saturated heterocycles. The number of carbonyl (C=O) groups excluding carboxylic acids is 1. The van der Waals surface area contributed by atoms with E-state index in [9.17, 15) is 4.79 Å². The number of hydrogen-bond acceptors (Lipinski definition) is 6. The summed E-state index contributed by atoms with van der Waals surface area (Å²) >= 11 is 12.3. The lowest BCUT2D eigenvalue weighted by Crippen LogP contribution is -2.32. The van der Waals surface area contributed by atoms with Crippen LogP contribution in [0.25, 0.3) is 6.08 Å². The summed E-state index contributed by atoms with van der Waals surface area (Å²) in [7, 11) is 3.23. The van der Waals surface area contributed by atoms with Gasteiger partial charge in [-0.1, -0.05) is 35.3 Å². The normalized spacial score (nSPS) is 15.9. The highest BCUT2D eigenvalue weighted by Gasteiger charge is 2.33. The van der Waals surface area contributed by atoms with E-state index in [1.54, 1.807) is 38.5 Å². The number of halogens is 2. The number of methoxy groups -OCH3 is 2. The van der Waals surface area contributed by atoms with E-state index >= 15 is 0 Å². The van der Waals surface area contributed by atoms with Gasteiger partial charge in [-0.3, -0.25) is 9.69 Å². The molecule has 35 heavy (non-hydrogen) atoms. The van der Waals surface area contributed by atoms with Crippen LogP contribution >= 0.6 is 23.2 Å². The first-order valence-electron chi connectivity index (χ1n) is 11.0. The van der Waals surface area contributed by atoms with Crippen molar-refractivity contribution >= 4 is 35.1 Å². The van der Waals surface area contributed by atoms with Crippen molar-refractivity contribution in [2.45, 2.75) is 20.0 Å². The molecule has 5 rings (SSSR count). The van der Waals surface area contributed by atoms with Gasteiger partial charge in [0.2, 0.25) is 5.78 Å². The zero-order chi connectivity index (χ0) is 24.7. The molecule has 2 aliphatic heterocycles. The summed E-state index contributed by atoms with van der Waals surface area (Å²) in [6, 6.07) is 12.8. The SMILES string of the molecule is COc1ccc(CN2COc3c(cc4c(c3C)O/C(=C\c3ccc(Cl)cc3Cl)C4=O)C2)cc1OC. The molecule has 8 heteroatoms. The molecule has 0 fully saturated rings. The molecule has 0 amide bonds. The molecule has 0 spiro atoms. The smallest absolute Gasteiger partial charge is 0.231 e. The molecule has 0 bridgehead atoms. The van der Waals surface area contributed by atoms with Crippen molar-refractivity contribution in [1.29, 1.82) is 0 Å². The lowest BCUT2D eigenvalue weighted by Gasteiger charge is -2.30. The topological polar surface area (TPSA) is 57.2 Å². The Morgan fingerprint density at radius 3 is 2.57 bits per heavy atom. The fraction of sp³-hybridized carbons (Fsp3) is 0.222. The lowest BCUT2D eigenvalue weighted by atomic mass is 9.99. The molecule has 6 nitrogen and oxygen atoms in total. The zero-order valence-electron chi connectivity index (χ0n) is 19.5.